The molecule has 0 bridgehead atoms. The van der Waals surface area contributed by atoms with Gasteiger partial charge < -0.3 is 9.47 Å². The summed E-state index contributed by atoms with van der Waals surface area (Å²) in [6.07, 6.45) is 1.56. The monoisotopic (exact) mass is 209 g/mol. The number of aromatic nitrogens is 1. The molecule has 0 aromatic carbocycles. The summed E-state index contributed by atoms with van der Waals surface area (Å²) in [6, 6.07) is 3.53. The van der Waals surface area contributed by atoms with E-state index in [0.29, 0.717) is 5.75 Å². The van der Waals surface area contributed by atoms with Crippen molar-refractivity contribution in [2.45, 2.75) is 26.9 Å². The van der Waals surface area contributed by atoms with Gasteiger partial charge >= 0.3 is 5.97 Å². The number of nitrogens with zero attached hydrogens (tertiary/aromatic N) is 1. The molecule has 0 amide bonds. The molecule has 0 unspecified atom stereocenters. The number of aryl methyl sites for hydroxylation is 1. The molecule has 0 saturated carbocycles. The van der Waals surface area contributed by atoms with Crippen LogP contribution in [0, 0.1) is 6.92 Å². The second kappa shape index (κ2) is 5.34. The van der Waals surface area contributed by atoms with Crippen LogP contribution in [0.3, 0.4) is 0 Å². The average molecular weight is 209 g/mol. The van der Waals surface area contributed by atoms with Gasteiger partial charge in [-0.15, -0.1) is 0 Å². The molecule has 4 nitrogen and oxygen atoms in total. The Morgan fingerprint density at radius 3 is 2.87 bits per heavy atom. The van der Waals surface area contributed by atoms with Crippen molar-refractivity contribution in [2.75, 3.05) is 6.61 Å². The zero-order valence-corrected chi connectivity index (χ0v) is 9.19. The van der Waals surface area contributed by atoms with E-state index < -0.39 is 0 Å². The van der Waals surface area contributed by atoms with E-state index in [4.69, 9.17) is 9.47 Å². The van der Waals surface area contributed by atoms with Crippen molar-refractivity contribution in [3.05, 3.63) is 24.0 Å². The maximum atomic E-state index is 11.2. The van der Waals surface area contributed by atoms with E-state index in [2.05, 4.69) is 4.98 Å². The van der Waals surface area contributed by atoms with Crippen LogP contribution in [-0.4, -0.2) is 23.7 Å². The van der Waals surface area contributed by atoms with Crippen molar-refractivity contribution in [3.63, 3.8) is 0 Å². The molecule has 1 aromatic rings. The average Bonchev–Trinajstić information content (AvgIpc) is 2.15. The Morgan fingerprint density at radius 2 is 2.27 bits per heavy atom. The van der Waals surface area contributed by atoms with Gasteiger partial charge in [-0.25, -0.2) is 4.79 Å². The molecular formula is C11H15NO3. The Labute approximate surface area is 89.2 Å². The molecule has 0 spiro atoms. The molecule has 0 saturated heterocycles. The van der Waals surface area contributed by atoms with Crippen molar-refractivity contribution >= 4 is 5.97 Å². The molecule has 0 aliphatic heterocycles. The second-order valence-electron chi connectivity index (χ2n) is 3.41. The number of esters is 1. The molecule has 15 heavy (non-hydrogen) atoms. The molecule has 1 heterocycles. The van der Waals surface area contributed by atoms with Crippen LogP contribution in [0.15, 0.2) is 18.3 Å². The molecule has 0 aliphatic rings. The van der Waals surface area contributed by atoms with Crippen molar-refractivity contribution in [1.82, 2.24) is 4.98 Å². The minimum Gasteiger partial charge on any atom is -0.480 e. The number of rotatable bonds is 4. The number of hydrogen-bond donors (Lipinski definition) is 0. The van der Waals surface area contributed by atoms with Gasteiger partial charge in [0.1, 0.15) is 5.75 Å². The molecule has 0 aliphatic carbocycles. The lowest BCUT2D eigenvalue weighted by atomic mass is 10.3. The fourth-order valence-corrected chi connectivity index (χ4v) is 1.06. The van der Waals surface area contributed by atoms with Crippen molar-refractivity contribution in [2.24, 2.45) is 0 Å². The topological polar surface area (TPSA) is 48.4 Å². The van der Waals surface area contributed by atoms with Crippen LogP contribution >= 0.6 is 0 Å². The first-order chi connectivity index (χ1) is 7.09. The minimum atomic E-state index is -0.367. The first-order valence-electron chi connectivity index (χ1n) is 4.83. The summed E-state index contributed by atoms with van der Waals surface area (Å²) in [4.78, 5) is 15.2. The van der Waals surface area contributed by atoms with Crippen molar-refractivity contribution in [3.8, 4) is 5.75 Å². The first-order valence-corrected chi connectivity index (χ1v) is 4.83. The molecule has 1 aromatic heterocycles. The zero-order chi connectivity index (χ0) is 11.3. The molecule has 0 fully saturated rings. The maximum absolute atomic E-state index is 11.2. The molecule has 82 valence electrons. The molecule has 0 atom stereocenters. The summed E-state index contributed by atoms with van der Waals surface area (Å²) in [6.45, 7) is 5.34. The largest absolute Gasteiger partial charge is 0.480 e. The van der Waals surface area contributed by atoms with Crippen molar-refractivity contribution < 1.29 is 14.3 Å². The number of carbonyl (C=O) groups excluding carboxylic acids is 1. The van der Waals surface area contributed by atoms with Gasteiger partial charge in [0.05, 0.1) is 11.8 Å². The molecule has 0 radical (unpaired) electrons. The van der Waals surface area contributed by atoms with E-state index >= 15 is 0 Å². The predicted molar refractivity (Wildman–Crippen MR) is 55.7 cm³/mol. The van der Waals surface area contributed by atoms with Gasteiger partial charge in [-0.05, 0) is 32.9 Å². The second-order valence-corrected chi connectivity index (χ2v) is 3.41. The van der Waals surface area contributed by atoms with Crippen molar-refractivity contribution in [1.29, 1.82) is 0 Å². The Hall–Kier alpha value is -1.58. The zero-order valence-electron chi connectivity index (χ0n) is 9.19. The standard InChI is InChI=1S/C11H15NO3/c1-8(2)15-11(13)7-14-10-5-4-6-12-9(10)3/h4-6,8H,7H2,1-3H3. The highest BCUT2D eigenvalue weighted by atomic mass is 16.6. The Morgan fingerprint density at radius 1 is 1.53 bits per heavy atom. The third-order valence-electron chi connectivity index (χ3n) is 1.67. The number of carbonyl (C=O) groups is 1. The van der Waals surface area contributed by atoms with E-state index in [0.717, 1.165) is 5.69 Å². The van der Waals surface area contributed by atoms with E-state index in [-0.39, 0.29) is 18.7 Å². The van der Waals surface area contributed by atoms with E-state index in [1.54, 1.807) is 32.2 Å². The number of hydrogen-bond acceptors (Lipinski definition) is 4. The first kappa shape index (κ1) is 11.5. The molecular weight excluding hydrogens is 194 g/mol. The SMILES string of the molecule is Cc1ncccc1OCC(=O)OC(C)C. The minimum absolute atomic E-state index is 0.0787. The van der Waals surface area contributed by atoms with Gasteiger partial charge in [-0.1, -0.05) is 0 Å². The lowest BCUT2D eigenvalue weighted by Crippen LogP contribution is -2.19. The Balaban J connectivity index is 2.44. The van der Waals surface area contributed by atoms with E-state index in [1.807, 2.05) is 6.92 Å². The van der Waals surface area contributed by atoms with Crippen LogP contribution in [0.25, 0.3) is 0 Å². The third kappa shape index (κ3) is 3.97. The van der Waals surface area contributed by atoms with E-state index in [1.165, 1.54) is 0 Å². The highest BCUT2D eigenvalue weighted by molar-refractivity contribution is 5.71. The Kier molecular flexibility index (Phi) is 4.09. The summed E-state index contributed by atoms with van der Waals surface area (Å²) < 4.78 is 10.2. The Bertz CT molecular complexity index is 336. The third-order valence-corrected chi connectivity index (χ3v) is 1.67. The summed E-state index contributed by atoms with van der Waals surface area (Å²) in [5.41, 5.74) is 0.759. The molecule has 1 rings (SSSR count). The number of pyridine rings is 1. The maximum Gasteiger partial charge on any atom is 0.344 e. The van der Waals surface area contributed by atoms with Gasteiger partial charge in [0.25, 0.3) is 0 Å². The van der Waals surface area contributed by atoms with Crippen LogP contribution in [0.5, 0.6) is 5.75 Å². The highest BCUT2D eigenvalue weighted by Gasteiger charge is 2.07. The lowest BCUT2D eigenvalue weighted by molar-refractivity contribution is -0.149. The highest BCUT2D eigenvalue weighted by Crippen LogP contribution is 2.13. The summed E-state index contributed by atoms with van der Waals surface area (Å²) >= 11 is 0. The van der Waals surface area contributed by atoms with Crippen LogP contribution in [-0.2, 0) is 9.53 Å². The normalized spacial score (nSPS) is 10.1. The van der Waals surface area contributed by atoms with E-state index in [9.17, 15) is 4.79 Å². The predicted octanol–water partition coefficient (Wildman–Crippen LogP) is 1.72. The van der Waals surface area contributed by atoms with Gasteiger partial charge in [0, 0.05) is 6.20 Å². The molecule has 0 N–H and O–H groups in total. The van der Waals surface area contributed by atoms with Crippen LogP contribution in [0.2, 0.25) is 0 Å². The fourth-order valence-electron chi connectivity index (χ4n) is 1.06. The molecule has 4 heteroatoms. The fraction of sp³-hybridized carbons (Fsp3) is 0.455. The van der Waals surface area contributed by atoms with Crippen LogP contribution in [0.1, 0.15) is 19.5 Å². The summed E-state index contributed by atoms with van der Waals surface area (Å²) in [7, 11) is 0. The van der Waals surface area contributed by atoms with Gasteiger partial charge in [0.2, 0.25) is 0 Å². The summed E-state index contributed by atoms with van der Waals surface area (Å²) in [5.74, 6) is 0.242. The number of ether oxygens (including phenoxy) is 2. The van der Waals surface area contributed by atoms with Gasteiger partial charge in [0.15, 0.2) is 6.61 Å². The van der Waals surface area contributed by atoms with Crippen LogP contribution in [0.4, 0.5) is 0 Å². The van der Waals surface area contributed by atoms with Gasteiger partial charge in [-0.2, -0.15) is 0 Å². The van der Waals surface area contributed by atoms with Gasteiger partial charge in [-0.3, -0.25) is 4.98 Å². The smallest absolute Gasteiger partial charge is 0.344 e. The summed E-state index contributed by atoms with van der Waals surface area (Å²) in [5, 5.41) is 0. The quantitative estimate of drug-likeness (QED) is 0.708. The van der Waals surface area contributed by atoms with Crippen LogP contribution < -0.4 is 4.74 Å². The lowest BCUT2D eigenvalue weighted by Gasteiger charge is -2.09.